The van der Waals surface area contributed by atoms with Crippen LogP contribution in [0.15, 0.2) is 0 Å². The third-order valence-corrected chi connectivity index (χ3v) is 4.30. The first kappa shape index (κ1) is 12.4. The van der Waals surface area contributed by atoms with Crippen LogP contribution >= 0.6 is 0 Å². The molecule has 3 aliphatic rings. The summed E-state index contributed by atoms with van der Waals surface area (Å²) in [6, 6.07) is 2.46. The Hall–Kier alpha value is -0.0800. The van der Waals surface area contributed by atoms with Gasteiger partial charge in [0, 0.05) is 31.2 Å². The number of nitrogens with zero attached hydrogens (tertiary/aromatic N) is 1. The van der Waals surface area contributed by atoms with Gasteiger partial charge in [0.05, 0.1) is 0 Å². The number of unbranched alkanes of at least 4 members (excludes halogenated alkanes) is 4. The Balaban J connectivity index is 1.55. The Kier molecular flexibility index (Phi) is 4.66. The molecule has 3 rings (SSSR count). The van der Waals surface area contributed by atoms with E-state index < -0.39 is 0 Å². The molecule has 3 saturated heterocycles. The number of piperazine rings is 1. The van der Waals surface area contributed by atoms with Gasteiger partial charge in [-0.25, -0.2) is 0 Å². The molecule has 2 nitrogen and oxygen atoms in total. The SMILES string of the molecule is CCCCCCCC(C)N1CC2CC(C1)N2. The van der Waals surface area contributed by atoms with Gasteiger partial charge in [-0.3, -0.25) is 4.90 Å². The number of nitrogens with one attached hydrogen (secondary N) is 1. The Bertz CT molecular complexity index is 189. The van der Waals surface area contributed by atoms with Gasteiger partial charge < -0.3 is 5.32 Å². The smallest absolute Gasteiger partial charge is 0.0213 e. The number of rotatable bonds is 7. The second-order valence-corrected chi connectivity index (χ2v) is 5.80. The molecule has 0 aromatic heterocycles. The van der Waals surface area contributed by atoms with Gasteiger partial charge in [-0.15, -0.1) is 0 Å². The maximum Gasteiger partial charge on any atom is 0.0213 e. The number of piperidine rings is 1. The molecular formula is C14H28N2. The van der Waals surface area contributed by atoms with Crippen molar-refractivity contribution < 1.29 is 0 Å². The lowest BCUT2D eigenvalue weighted by Gasteiger charge is -2.50. The van der Waals surface area contributed by atoms with Crippen molar-refractivity contribution >= 4 is 0 Å². The van der Waals surface area contributed by atoms with Crippen molar-refractivity contribution in [3.05, 3.63) is 0 Å². The summed E-state index contributed by atoms with van der Waals surface area (Å²) >= 11 is 0. The van der Waals surface area contributed by atoms with E-state index in [1.54, 1.807) is 0 Å². The third-order valence-electron chi connectivity index (χ3n) is 4.30. The molecular weight excluding hydrogens is 196 g/mol. The Morgan fingerprint density at radius 1 is 1.12 bits per heavy atom. The summed E-state index contributed by atoms with van der Waals surface area (Å²) in [6.45, 7) is 7.31. The predicted octanol–water partition coefficient (Wildman–Crippen LogP) is 2.78. The van der Waals surface area contributed by atoms with Crippen LogP contribution < -0.4 is 5.32 Å². The monoisotopic (exact) mass is 224 g/mol. The first-order valence-electron chi connectivity index (χ1n) is 7.29. The van der Waals surface area contributed by atoms with E-state index in [0.29, 0.717) is 0 Å². The molecule has 16 heavy (non-hydrogen) atoms. The number of hydrogen-bond donors (Lipinski definition) is 1. The van der Waals surface area contributed by atoms with Crippen LogP contribution in [0.1, 0.15) is 58.8 Å². The summed E-state index contributed by atoms with van der Waals surface area (Å²) < 4.78 is 0. The molecule has 2 heteroatoms. The van der Waals surface area contributed by atoms with E-state index in [0.717, 1.165) is 18.1 Å². The van der Waals surface area contributed by atoms with Gasteiger partial charge in [0.25, 0.3) is 0 Å². The lowest BCUT2D eigenvalue weighted by Crippen LogP contribution is -2.67. The molecule has 3 fully saturated rings. The molecule has 0 spiro atoms. The number of hydrogen-bond acceptors (Lipinski definition) is 2. The molecule has 2 bridgehead atoms. The van der Waals surface area contributed by atoms with Gasteiger partial charge in [0.2, 0.25) is 0 Å². The van der Waals surface area contributed by atoms with E-state index in [1.165, 1.54) is 58.0 Å². The van der Waals surface area contributed by atoms with E-state index in [1.807, 2.05) is 0 Å². The molecule has 3 unspecified atom stereocenters. The molecule has 1 N–H and O–H groups in total. The van der Waals surface area contributed by atoms with Gasteiger partial charge in [-0.1, -0.05) is 39.0 Å². The first-order chi connectivity index (χ1) is 7.79. The van der Waals surface area contributed by atoms with Crippen LogP contribution in [0.25, 0.3) is 0 Å². The molecule has 3 heterocycles. The highest BCUT2D eigenvalue weighted by Crippen LogP contribution is 2.24. The first-order valence-corrected chi connectivity index (χ1v) is 7.29. The van der Waals surface area contributed by atoms with E-state index >= 15 is 0 Å². The Morgan fingerprint density at radius 2 is 1.75 bits per heavy atom. The molecule has 3 aliphatic heterocycles. The molecule has 0 radical (unpaired) electrons. The van der Waals surface area contributed by atoms with Crippen LogP contribution in [-0.2, 0) is 0 Å². The fourth-order valence-corrected chi connectivity index (χ4v) is 3.13. The van der Waals surface area contributed by atoms with E-state index in [2.05, 4.69) is 24.1 Å². The van der Waals surface area contributed by atoms with Crippen molar-refractivity contribution in [3.63, 3.8) is 0 Å². The predicted molar refractivity (Wildman–Crippen MR) is 69.7 cm³/mol. The minimum atomic E-state index is 0.814. The van der Waals surface area contributed by atoms with Crippen molar-refractivity contribution in [2.75, 3.05) is 13.1 Å². The van der Waals surface area contributed by atoms with E-state index in [-0.39, 0.29) is 0 Å². The Morgan fingerprint density at radius 3 is 2.38 bits per heavy atom. The van der Waals surface area contributed by atoms with Crippen molar-refractivity contribution in [1.82, 2.24) is 10.2 Å². The van der Waals surface area contributed by atoms with Crippen molar-refractivity contribution in [2.45, 2.75) is 76.9 Å². The van der Waals surface area contributed by atoms with Crippen LogP contribution in [-0.4, -0.2) is 36.1 Å². The highest BCUT2D eigenvalue weighted by Gasteiger charge is 2.37. The average molecular weight is 224 g/mol. The van der Waals surface area contributed by atoms with Crippen LogP contribution in [0.4, 0.5) is 0 Å². The van der Waals surface area contributed by atoms with Gasteiger partial charge in [-0.2, -0.15) is 0 Å². The van der Waals surface area contributed by atoms with Gasteiger partial charge >= 0.3 is 0 Å². The summed E-state index contributed by atoms with van der Waals surface area (Å²) in [5.74, 6) is 0. The third kappa shape index (κ3) is 3.21. The summed E-state index contributed by atoms with van der Waals surface area (Å²) in [6.07, 6.45) is 9.93. The second kappa shape index (κ2) is 6.02. The normalized spacial score (nSPS) is 31.1. The molecule has 0 amide bonds. The van der Waals surface area contributed by atoms with Crippen LogP contribution in [0.2, 0.25) is 0 Å². The highest BCUT2D eigenvalue weighted by molar-refractivity contribution is 4.98. The standard InChI is InChI=1S/C14H28N2/c1-3-4-5-6-7-8-12(2)16-10-13-9-14(11-16)15-13/h12-15H,3-11H2,1-2H3. The summed E-state index contributed by atoms with van der Waals surface area (Å²) in [4.78, 5) is 2.70. The summed E-state index contributed by atoms with van der Waals surface area (Å²) in [7, 11) is 0. The van der Waals surface area contributed by atoms with Crippen LogP contribution in [0, 0.1) is 0 Å². The molecule has 3 atom stereocenters. The van der Waals surface area contributed by atoms with E-state index in [4.69, 9.17) is 0 Å². The topological polar surface area (TPSA) is 15.3 Å². The van der Waals surface area contributed by atoms with Crippen molar-refractivity contribution in [2.24, 2.45) is 0 Å². The maximum absolute atomic E-state index is 3.61. The zero-order valence-electron chi connectivity index (χ0n) is 11.0. The largest absolute Gasteiger partial charge is 0.309 e. The number of fused-ring (bicyclic) bond motifs is 2. The zero-order valence-corrected chi connectivity index (χ0v) is 11.0. The lowest BCUT2D eigenvalue weighted by molar-refractivity contribution is 0.0476. The second-order valence-electron chi connectivity index (χ2n) is 5.80. The minimum Gasteiger partial charge on any atom is -0.309 e. The van der Waals surface area contributed by atoms with Crippen molar-refractivity contribution in [1.29, 1.82) is 0 Å². The summed E-state index contributed by atoms with van der Waals surface area (Å²) in [5.41, 5.74) is 0. The van der Waals surface area contributed by atoms with Crippen molar-refractivity contribution in [3.8, 4) is 0 Å². The quantitative estimate of drug-likeness (QED) is 0.669. The molecule has 0 aromatic carbocycles. The van der Waals surface area contributed by atoms with E-state index in [9.17, 15) is 0 Å². The highest BCUT2D eigenvalue weighted by atomic mass is 15.3. The van der Waals surface area contributed by atoms with Crippen LogP contribution in [0.3, 0.4) is 0 Å². The average Bonchev–Trinajstić information content (AvgIpc) is 2.28. The van der Waals surface area contributed by atoms with Crippen LogP contribution in [0.5, 0.6) is 0 Å². The molecule has 0 aliphatic carbocycles. The zero-order chi connectivity index (χ0) is 11.4. The van der Waals surface area contributed by atoms with Gasteiger partial charge in [0.15, 0.2) is 0 Å². The fraction of sp³-hybridized carbons (Fsp3) is 1.00. The molecule has 0 aromatic rings. The summed E-state index contributed by atoms with van der Waals surface area (Å²) in [5, 5.41) is 3.61. The fourth-order valence-electron chi connectivity index (χ4n) is 3.13. The lowest BCUT2D eigenvalue weighted by atomic mass is 9.90. The Labute approximate surface area is 101 Å². The maximum atomic E-state index is 3.61. The van der Waals surface area contributed by atoms with Gasteiger partial charge in [0.1, 0.15) is 0 Å². The van der Waals surface area contributed by atoms with Gasteiger partial charge in [-0.05, 0) is 19.8 Å². The minimum absolute atomic E-state index is 0.814. The molecule has 0 saturated carbocycles. The molecule has 94 valence electrons.